The van der Waals surface area contributed by atoms with E-state index >= 15 is 0 Å². The monoisotopic (exact) mass is 430 g/mol. The van der Waals surface area contributed by atoms with Crippen LogP contribution in [0.4, 0.5) is 0 Å². The van der Waals surface area contributed by atoms with E-state index < -0.39 is 0 Å². The summed E-state index contributed by atoms with van der Waals surface area (Å²) in [5.41, 5.74) is 3.81. The highest BCUT2D eigenvalue weighted by atomic mass is 79.9. The summed E-state index contributed by atoms with van der Waals surface area (Å²) < 4.78 is 11.8. The van der Waals surface area contributed by atoms with E-state index in [0.29, 0.717) is 28.1 Å². The standard InChI is InChI=1S/C21H23BrN2O3/c1-5-26-19-10-16(11-23)9-18(22)21(19)27-12-20(25)24-15(4)17-8-13(2)6-7-14(17)3/h6-10,15H,5,12H2,1-4H3,(H,24,25). The van der Waals surface area contributed by atoms with Gasteiger partial charge in [-0.1, -0.05) is 23.8 Å². The minimum absolute atomic E-state index is 0.128. The molecule has 0 aliphatic heterocycles. The van der Waals surface area contributed by atoms with Crippen molar-refractivity contribution in [2.24, 2.45) is 0 Å². The smallest absolute Gasteiger partial charge is 0.258 e. The van der Waals surface area contributed by atoms with Gasteiger partial charge in [-0.2, -0.15) is 5.26 Å². The zero-order valence-electron chi connectivity index (χ0n) is 15.9. The molecule has 0 aliphatic rings. The van der Waals surface area contributed by atoms with Gasteiger partial charge in [-0.25, -0.2) is 0 Å². The van der Waals surface area contributed by atoms with Gasteiger partial charge in [-0.05, 0) is 60.8 Å². The predicted octanol–water partition coefficient (Wildman–Crippen LogP) is 4.59. The van der Waals surface area contributed by atoms with Crippen LogP contribution in [0, 0.1) is 25.2 Å². The van der Waals surface area contributed by atoms with Crippen LogP contribution >= 0.6 is 15.9 Å². The third-order valence-electron chi connectivity index (χ3n) is 4.06. The maximum Gasteiger partial charge on any atom is 0.258 e. The molecule has 5 nitrogen and oxygen atoms in total. The molecule has 1 N–H and O–H groups in total. The van der Waals surface area contributed by atoms with Crippen molar-refractivity contribution in [2.45, 2.75) is 33.7 Å². The number of nitriles is 1. The molecule has 1 unspecified atom stereocenters. The fourth-order valence-corrected chi connectivity index (χ4v) is 3.32. The Labute approximate surface area is 168 Å². The number of nitrogens with zero attached hydrogens (tertiary/aromatic N) is 1. The van der Waals surface area contributed by atoms with Gasteiger partial charge in [0.15, 0.2) is 18.1 Å². The van der Waals surface area contributed by atoms with Crippen LogP contribution in [0.5, 0.6) is 11.5 Å². The number of ether oxygens (including phenoxy) is 2. The molecule has 2 aromatic carbocycles. The fraction of sp³-hybridized carbons (Fsp3) is 0.333. The van der Waals surface area contributed by atoms with Crippen molar-refractivity contribution in [3.63, 3.8) is 0 Å². The molecule has 0 bridgehead atoms. The molecule has 1 atom stereocenters. The zero-order chi connectivity index (χ0) is 20.0. The molecule has 0 aliphatic carbocycles. The van der Waals surface area contributed by atoms with Gasteiger partial charge in [0.05, 0.1) is 28.8 Å². The van der Waals surface area contributed by atoms with E-state index in [0.717, 1.165) is 16.7 Å². The number of rotatable bonds is 7. The molecule has 6 heteroatoms. The van der Waals surface area contributed by atoms with Crippen LogP contribution < -0.4 is 14.8 Å². The zero-order valence-corrected chi connectivity index (χ0v) is 17.5. The molecule has 0 radical (unpaired) electrons. The topological polar surface area (TPSA) is 71.3 Å². The lowest BCUT2D eigenvalue weighted by Crippen LogP contribution is -2.31. The second-order valence-electron chi connectivity index (χ2n) is 6.27. The van der Waals surface area contributed by atoms with Gasteiger partial charge in [0.2, 0.25) is 0 Å². The largest absolute Gasteiger partial charge is 0.490 e. The van der Waals surface area contributed by atoms with E-state index in [2.05, 4.69) is 33.4 Å². The Bertz CT molecular complexity index is 874. The predicted molar refractivity (Wildman–Crippen MR) is 108 cm³/mol. The van der Waals surface area contributed by atoms with Crippen LogP contribution in [0.2, 0.25) is 0 Å². The number of nitrogens with one attached hydrogen (secondary N) is 1. The second-order valence-corrected chi connectivity index (χ2v) is 7.12. The molecule has 0 saturated carbocycles. The molecule has 27 heavy (non-hydrogen) atoms. The highest BCUT2D eigenvalue weighted by molar-refractivity contribution is 9.10. The van der Waals surface area contributed by atoms with Gasteiger partial charge >= 0.3 is 0 Å². The third-order valence-corrected chi connectivity index (χ3v) is 4.65. The van der Waals surface area contributed by atoms with E-state index in [1.807, 2.05) is 39.8 Å². The Morgan fingerprint density at radius 1 is 1.26 bits per heavy atom. The number of hydrogen-bond donors (Lipinski definition) is 1. The average Bonchev–Trinajstić information content (AvgIpc) is 2.62. The number of benzene rings is 2. The molecule has 2 aromatic rings. The van der Waals surface area contributed by atoms with E-state index in [1.165, 1.54) is 0 Å². The highest BCUT2D eigenvalue weighted by Gasteiger charge is 2.16. The van der Waals surface area contributed by atoms with Crippen LogP contribution in [0.3, 0.4) is 0 Å². The van der Waals surface area contributed by atoms with Gasteiger partial charge in [-0.3, -0.25) is 4.79 Å². The van der Waals surface area contributed by atoms with Crippen LogP contribution in [-0.4, -0.2) is 19.1 Å². The molecular weight excluding hydrogens is 408 g/mol. The summed E-state index contributed by atoms with van der Waals surface area (Å²) in [6.07, 6.45) is 0. The number of carbonyl (C=O) groups excluding carboxylic acids is 1. The van der Waals surface area contributed by atoms with Gasteiger partial charge < -0.3 is 14.8 Å². The fourth-order valence-electron chi connectivity index (χ4n) is 2.76. The molecule has 142 valence electrons. The van der Waals surface area contributed by atoms with Gasteiger partial charge in [0.25, 0.3) is 5.91 Å². The first-order chi connectivity index (χ1) is 12.8. The summed E-state index contributed by atoms with van der Waals surface area (Å²) in [7, 11) is 0. The number of aryl methyl sites for hydroxylation is 2. The minimum atomic E-state index is -0.234. The Kier molecular flexibility index (Phi) is 7.26. The third kappa shape index (κ3) is 5.48. The molecule has 0 fully saturated rings. The van der Waals surface area contributed by atoms with Crippen molar-refractivity contribution in [2.75, 3.05) is 13.2 Å². The number of halogens is 1. The van der Waals surface area contributed by atoms with Crippen LogP contribution in [0.15, 0.2) is 34.8 Å². The van der Waals surface area contributed by atoms with Crippen molar-refractivity contribution < 1.29 is 14.3 Å². The molecule has 0 saturated heterocycles. The normalized spacial score (nSPS) is 11.4. The summed E-state index contributed by atoms with van der Waals surface area (Å²) in [6.45, 7) is 8.11. The minimum Gasteiger partial charge on any atom is -0.490 e. The summed E-state index contributed by atoms with van der Waals surface area (Å²) in [6, 6.07) is 11.3. The lowest BCUT2D eigenvalue weighted by atomic mass is 10.00. The lowest BCUT2D eigenvalue weighted by molar-refractivity contribution is -0.123. The molecule has 0 heterocycles. The molecule has 0 aromatic heterocycles. The van der Waals surface area contributed by atoms with Crippen molar-refractivity contribution in [1.29, 1.82) is 5.26 Å². The molecule has 0 spiro atoms. The SMILES string of the molecule is CCOc1cc(C#N)cc(Br)c1OCC(=O)NC(C)c1cc(C)ccc1C. The first-order valence-corrected chi connectivity index (χ1v) is 9.50. The Hall–Kier alpha value is -2.52. The summed E-state index contributed by atoms with van der Waals surface area (Å²) >= 11 is 3.38. The van der Waals surface area contributed by atoms with Crippen LogP contribution in [0.1, 0.15) is 42.1 Å². The Morgan fingerprint density at radius 2 is 2.00 bits per heavy atom. The van der Waals surface area contributed by atoms with E-state index in [9.17, 15) is 4.79 Å². The number of carbonyl (C=O) groups is 1. The van der Waals surface area contributed by atoms with E-state index in [1.54, 1.807) is 12.1 Å². The highest BCUT2D eigenvalue weighted by Crippen LogP contribution is 2.36. The second kappa shape index (κ2) is 9.43. The molecule has 2 rings (SSSR count). The Morgan fingerprint density at radius 3 is 2.67 bits per heavy atom. The van der Waals surface area contributed by atoms with E-state index in [4.69, 9.17) is 14.7 Å². The first kappa shape index (κ1) is 20.8. The van der Waals surface area contributed by atoms with E-state index in [-0.39, 0.29) is 18.6 Å². The summed E-state index contributed by atoms with van der Waals surface area (Å²) in [5, 5.41) is 12.0. The maximum absolute atomic E-state index is 12.4. The summed E-state index contributed by atoms with van der Waals surface area (Å²) in [4.78, 5) is 12.4. The number of amides is 1. The van der Waals surface area contributed by atoms with Crippen molar-refractivity contribution in [1.82, 2.24) is 5.32 Å². The van der Waals surface area contributed by atoms with Crippen molar-refractivity contribution in [3.8, 4) is 17.6 Å². The van der Waals surface area contributed by atoms with Crippen LogP contribution in [-0.2, 0) is 4.79 Å². The van der Waals surface area contributed by atoms with Gasteiger partial charge in [0, 0.05) is 6.07 Å². The number of hydrogen-bond acceptors (Lipinski definition) is 4. The maximum atomic E-state index is 12.4. The summed E-state index contributed by atoms with van der Waals surface area (Å²) in [5.74, 6) is 0.603. The molecule has 1 amide bonds. The van der Waals surface area contributed by atoms with Gasteiger partial charge in [-0.15, -0.1) is 0 Å². The van der Waals surface area contributed by atoms with Crippen molar-refractivity contribution >= 4 is 21.8 Å². The van der Waals surface area contributed by atoms with Gasteiger partial charge in [0.1, 0.15) is 0 Å². The lowest BCUT2D eigenvalue weighted by Gasteiger charge is -2.18. The Balaban J connectivity index is 2.07. The van der Waals surface area contributed by atoms with Crippen molar-refractivity contribution in [3.05, 3.63) is 57.1 Å². The van der Waals surface area contributed by atoms with Crippen LogP contribution in [0.25, 0.3) is 0 Å². The average molecular weight is 431 g/mol. The quantitative estimate of drug-likeness (QED) is 0.696. The molecular formula is C21H23BrN2O3. The first-order valence-electron chi connectivity index (χ1n) is 8.71.